The third-order valence-corrected chi connectivity index (χ3v) is 6.22. The van der Waals surface area contributed by atoms with Crippen LogP contribution >= 0.6 is 0 Å². The number of nitrogens with zero attached hydrogens (tertiary/aromatic N) is 3. The first-order valence-corrected chi connectivity index (χ1v) is 12.0. The maximum absolute atomic E-state index is 13.5. The number of rotatable bonds is 5. The van der Waals surface area contributed by atoms with Crippen LogP contribution in [0, 0.1) is 5.41 Å². The summed E-state index contributed by atoms with van der Waals surface area (Å²) >= 11 is 0. The van der Waals surface area contributed by atoms with Gasteiger partial charge in [0.15, 0.2) is 5.69 Å². The number of aromatic nitrogens is 2. The summed E-state index contributed by atoms with van der Waals surface area (Å²) in [6.45, 7) is 6.83. The van der Waals surface area contributed by atoms with Crippen molar-refractivity contribution in [3.63, 3.8) is 0 Å². The molecule has 0 spiro atoms. The molecule has 1 unspecified atom stereocenters. The van der Waals surface area contributed by atoms with Crippen LogP contribution in [-0.4, -0.2) is 51.9 Å². The topological polar surface area (TPSA) is 108 Å². The van der Waals surface area contributed by atoms with E-state index in [4.69, 9.17) is 4.98 Å². The first-order valence-electron chi connectivity index (χ1n) is 12.0. The summed E-state index contributed by atoms with van der Waals surface area (Å²) in [5, 5.41) is 8.41. The van der Waals surface area contributed by atoms with E-state index in [2.05, 4.69) is 16.0 Å². The van der Waals surface area contributed by atoms with Crippen LogP contribution in [0.25, 0.3) is 11.4 Å². The van der Waals surface area contributed by atoms with Crippen molar-refractivity contribution < 1.29 is 14.4 Å². The number of hydrogen-bond acceptors (Lipinski definition) is 4. The molecule has 0 radical (unpaired) electrons. The lowest BCUT2D eigenvalue weighted by molar-refractivity contribution is -0.124. The summed E-state index contributed by atoms with van der Waals surface area (Å²) in [7, 11) is 1.54. The minimum absolute atomic E-state index is 0.210. The summed E-state index contributed by atoms with van der Waals surface area (Å²) in [4.78, 5) is 45.5. The molecule has 9 heteroatoms. The number of carbonyl (C=O) groups is 3. The van der Waals surface area contributed by atoms with Crippen LogP contribution in [0.4, 0.5) is 10.5 Å². The Morgan fingerprint density at radius 1 is 0.944 bits per heavy atom. The van der Waals surface area contributed by atoms with E-state index < -0.39 is 17.4 Å². The molecule has 0 aliphatic carbocycles. The van der Waals surface area contributed by atoms with Crippen molar-refractivity contribution in [1.82, 2.24) is 25.1 Å². The molecule has 4 amide bonds. The van der Waals surface area contributed by atoms with Crippen molar-refractivity contribution >= 4 is 23.5 Å². The average Bonchev–Trinajstić information content (AvgIpc) is 3.26. The summed E-state index contributed by atoms with van der Waals surface area (Å²) in [5.41, 5.74) is 1.90. The molecule has 3 N–H and O–H groups in total. The molecular weight excluding hydrogens is 456 g/mol. The number of imidazole rings is 1. The monoisotopic (exact) mass is 488 g/mol. The van der Waals surface area contributed by atoms with Gasteiger partial charge in [0.1, 0.15) is 11.9 Å². The average molecular weight is 489 g/mol. The number of hydrogen-bond donors (Lipinski definition) is 3. The Kier molecular flexibility index (Phi) is 7.10. The Bertz CT molecular complexity index is 1250. The summed E-state index contributed by atoms with van der Waals surface area (Å²) in [6, 6.07) is 17.9. The molecule has 0 saturated heterocycles. The first-order chi connectivity index (χ1) is 17.2. The second-order valence-corrected chi connectivity index (χ2v) is 9.85. The molecule has 2 heterocycles. The SMILES string of the molecule is CNC(=O)C(NC(=O)c1nc(-c2ccccc2)n2c1CN(C(=O)Nc1ccccc1)CC2)C(C)(C)C. The molecule has 1 aromatic heterocycles. The minimum atomic E-state index is -0.756. The second kappa shape index (κ2) is 10.2. The fourth-order valence-electron chi connectivity index (χ4n) is 4.27. The second-order valence-electron chi connectivity index (χ2n) is 9.85. The predicted molar refractivity (Wildman–Crippen MR) is 138 cm³/mol. The largest absolute Gasteiger partial charge is 0.357 e. The summed E-state index contributed by atoms with van der Waals surface area (Å²) in [5.74, 6) is -0.0723. The van der Waals surface area contributed by atoms with Crippen molar-refractivity contribution in [3.8, 4) is 11.4 Å². The zero-order valence-corrected chi connectivity index (χ0v) is 21.0. The predicted octanol–water partition coefficient (Wildman–Crippen LogP) is 3.49. The van der Waals surface area contributed by atoms with Crippen molar-refractivity contribution in [3.05, 3.63) is 72.1 Å². The highest BCUT2D eigenvalue weighted by Crippen LogP contribution is 2.28. The van der Waals surface area contributed by atoms with Gasteiger partial charge in [-0.25, -0.2) is 9.78 Å². The van der Waals surface area contributed by atoms with Gasteiger partial charge in [0.05, 0.1) is 12.2 Å². The molecular formula is C27H32N6O3. The van der Waals surface area contributed by atoms with Gasteiger partial charge >= 0.3 is 6.03 Å². The normalized spacial score (nSPS) is 13.9. The van der Waals surface area contributed by atoms with E-state index in [0.717, 1.165) is 5.56 Å². The minimum Gasteiger partial charge on any atom is -0.357 e. The van der Waals surface area contributed by atoms with Crippen LogP contribution < -0.4 is 16.0 Å². The smallest absolute Gasteiger partial charge is 0.322 e. The Morgan fingerprint density at radius 2 is 1.58 bits per heavy atom. The fourth-order valence-corrected chi connectivity index (χ4v) is 4.27. The van der Waals surface area contributed by atoms with E-state index >= 15 is 0 Å². The molecule has 9 nitrogen and oxygen atoms in total. The fraction of sp³-hybridized carbons (Fsp3) is 0.333. The third-order valence-electron chi connectivity index (χ3n) is 6.22. The van der Waals surface area contributed by atoms with E-state index in [1.165, 1.54) is 0 Å². The van der Waals surface area contributed by atoms with Crippen molar-refractivity contribution in [2.75, 3.05) is 18.9 Å². The van der Waals surface area contributed by atoms with Gasteiger partial charge in [0.25, 0.3) is 5.91 Å². The number of carbonyl (C=O) groups excluding carboxylic acids is 3. The summed E-state index contributed by atoms with van der Waals surface area (Å²) < 4.78 is 1.99. The zero-order chi connectivity index (χ0) is 25.9. The molecule has 188 valence electrons. The lowest BCUT2D eigenvalue weighted by Crippen LogP contribution is -2.53. The van der Waals surface area contributed by atoms with Gasteiger partial charge in [-0.05, 0) is 17.5 Å². The van der Waals surface area contributed by atoms with E-state index in [0.29, 0.717) is 30.3 Å². The van der Waals surface area contributed by atoms with Crippen molar-refractivity contribution in [2.24, 2.45) is 5.41 Å². The van der Waals surface area contributed by atoms with E-state index in [1.54, 1.807) is 11.9 Å². The van der Waals surface area contributed by atoms with Crippen molar-refractivity contribution in [2.45, 2.75) is 39.9 Å². The first kappa shape index (κ1) is 25.0. The number of para-hydroxylation sites is 1. The van der Waals surface area contributed by atoms with Crippen LogP contribution in [-0.2, 0) is 17.9 Å². The van der Waals surface area contributed by atoms with Crippen LogP contribution in [0.2, 0.25) is 0 Å². The highest BCUT2D eigenvalue weighted by Gasteiger charge is 2.35. The van der Waals surface area contributed by atoms with Gasteiger partial charge < -0.3 is 25.4 Å². The molecule has 1 aliphatic heterocycles. The molecule has 2 aromatic carbocycles. The van der Waals surface area contributed by atoms with Crippen LogP contribution in [0.3, 0.4) is 0 Å². The molecule has 0 fully saturated rings. The van der Waals surface area contributed by atoms with Crippen LogP contribution in [0.15, 0.2) is 60.7 Å². The Hall–Kier alpha value is -4.14. The Labute approximate surface area is 210 Å². The molecule has 0 saturated carbocycles. The number of benzene rings is 2. The molecule has 4 rings (SSSR count). The van der Waals surface area contributed by atoms with Crippen LogP contribution in [0.1, 0.15) is 37.0 Å². The maximum atomic E-state index is 13.5. The number of amides is 4. The van der Waals surface area contributed by atoms with Crippen molar-refractivity contribution in [1.29, 1.82) is 0 Å². The summed E-state index contributed by atoms with van der Waals surface area (Å²) in [6.07, 6.45) is 0. The van der Waals surface area contributed by atoms with Gasteiger partial charge in [-0.15, -0.1) is 0 Å². The molecule has 0 bridgehead atoms. The molecule has 1 atom stereocenters. The van der Waals surface area contributed by atoms with Gasteiger partial charge in [0.2, 0.25) is 5.91 Å². The highest BCUT2D eigenvalue weighted by molar-refractivity contribution is 5.98. The lowest BCUT2D eigenvalue weighted by Gasteiger charge is -2.31. The number of nitrogens with one attached hydrogen (secondary N) is 3. The number of fused-ring (bicyclic) bond motifs is 1. The van der Waals surface area contributed by atoms with Crippen LogP contribution in [0.5, 0.6) is 0 Å². The van der Waals surface area contributed by atoms with Gasteiger partial charge in [-0.3, -0.25) is 9.59 Å². The number of likely N-dealkylation sites (N-methyl/N-ethyl adjacent to an activating group) is 1. The Balaban J connectivity index is 1.67. The molecule has 1 aliphatic rings. The lowest BCUT2D eigenvalue weighted by atomic mass is 9.86. The third kappa shape index (κ3) is 5.25. The van der Waals surface area contributed by atoms with Gasteiger partial charge in [0, 0.05) is 31.4 Å². The van der Waals surface area contributed by atoms with Gasteiger partial charge in [-0.1, -0.05) is 69.3 Å². The molecule has 3 aromatic rings. The highest BCUT2D eigenvalue weighted by atomic mass is 16.2. The van der Waals surface area contributed by atoms with E-state index in [1.807, 2.05) is 86.0 Å². The standard InChI is InChI=1S/C27H32N6O3/c1-27(2,3)22(25(35)28-4)31-24(34)21-20-17-32(26(36)29-19-13-9-6-10-14-19)15-16-33(20)23(30-21)18-11-7-5-8-12-18/h5-14,22H,15-17H2,1-4H3,(H,28,35)(H,29,36)(H,31,34). The van der Waals surface area contributed by atoms with E-state index in [-0.39, 0.29) is 24.2 Å². The number of urea groups is 1. The Morgan fingerprint density at radius 3 is 2.19 bits per heavy atom. The molecule has 36 heavy (non-hydrogen) atoms. The van der Waals surface area contributed by atoms with Gasteiger partial charge in [-0.2, -0.15) is 0 Å². The maximum Gasteiger partial charge on any atom is 0.322 e. The quantitative estimate of drug-likeness (QED) is 0.511. The number of anilines is 1. The van der Waals surface area contributed by atoms with E-state index in [9.17, 15) is 14.4 Å². The zero-order valence-electron chi connectivity index (χ0n) is 21.0.